The third-order valence-corrected chi connectivity index (χ3v) is 4.90. The highest BCUT2D eigenvalue weighted by atomic mass is 32.1. The van der Waals surface area contributed by atoms with Gasteiger partial charge in [-0.1, -0.05) is 37.2 Å². The summed E-state index contributed by atoms with van der Waals surface area (Å²) in [6.07, 6.45) is 7.08. The second-order valence-electron chi connectivity index (χ2n) is 5.81. The molecule has 0 spiro atoms. The van der Waals surface area contributed by atoms with Crippen molar-refractivity contribution >= 4 is 27.5 Å². The summed E-state index contributed by atoms with van der Waals surface area (Å²) in [5.41, 5.74) is 2.70. The molecule has 3 aromatic rings. The monoisotopic (exact) mass is 338 g/mol. The first-order valence-electron chi connectivity index (χ1n) is 7.65. The maximum absolute atomic E-state index is 12.4. The Hall–Kier alpha value is -2.65. The minimum absolute atomic E-state index is 0.323. The van der Waals surface area contributed by atoms with Crippen molar-refractivity contribution < 1.29 is 4.79 Å². The van der Waals surface area contributed by atoms with Crippen LogP contribution in [0, 0.1) is 12.3 Å². The van der Waals surface area contributed by atoms with Crippen LogP contribution in [0.25, 0.3) is 10.2 Å². The quantitative estimate of drug-likeness (QED) is 0.690. The van der Waals surface area contributed by atoms with Crippen LogP contribution in [0.15, 0.2) is 35.5 Å². The van der Waals surface area contributed by atoms with Gasteiger partial charge in [0.1, 0.15) is 5.69 Å². The summed E-state index contributed by atoms with van der Waals surface area (Å²) in [6, 6.07) is 7.94. The Labute approximate surface area is 144 Å². The number of thiazole rings is 1. The van der Waals surface area contributed by atoms with Crippen LogP contribution in [-0.4, -0.2) is 20.3 Å². The smallest absolute Gasteiger partial charge is 0.297 e. The molecule has 0 aliphatic rings. The number of hydrogen-bond acceptors (Lipinski definition) is 3. The lowest BCUT2D eigenvalue weighted by Crippen LogP contribution is -2.17. The number of carbonyl (C=O) groups is 1. The first kappa shape index (κ1) is 16.2. The molecular weight excluding hydrogens is 320 g/mol. The molecule has 0 aliphatic carbocycles. The standard InChI is InChI=1S/C18H18N4OS/c1-5-10-22-14-7-6-13(12(2)3)11-16(14)24-18(22)20-17(23)15-8-9-19-21(15)4/h1,6-9,11-12H,10H2,2-4H3. The molecule has 0 radical (unpaired) electrons. The van der Waals surface area contributed by atoms with Crippen LogP contribution in [-0.2, 0) is 13.6 Å². The van der Waals surface area contributed by atoms with Crippen molar-refractivity contribution in [3.8, 4) is 12.3 Å². The topological polar surface area (TPSA) is 52.2 Å². The van der Waals surface area contributed by atoms with Gasteiger partial charge in [0.05, 0.1) is 16.8 Å². The van der Waals surface area contributed by atoms with Crippen LogP contribution in [0.1, 0.15) is 35.8 Å². The number of benzene rings is 1. The average Bonchev–Trinajstić information content (AvgIpc) is 3.11. The second kappa shape index (κ2) is 6.46. The number of terminal acetylenes is 1. The van der Waals surface area contributed by atoms with E-state index in [0.29, 0.717) is 23.0 Å². The first-order chi connectivity index (χ1) is 11.5. The van der Waals surface area contributed by atoms with E-state index in [9.17, 15) is 4.79 Å². The summed E-state index contributed by atoms with van der Waals surface area (Å²) in [5, 5.41) is 4.01. The van der Waals surface area contributed by atoms with Crippen LogP contribution in [0.2, 0.25) is 0 Å². The van der Waals surface area contributed by atoms with E-state index in [0.717, 1.165) is 10.2 Å². The largest absolute Gasteiger partial charge is 0.305 e. The molecule has 0 bridgehead atoms. The fraction of sp³-hybridized carbons (Fsp3) is 0.278. The Bertz CT molecular complexity index is 1010. The van der Waals surface area contributed by atoms with Gasteiger partial charge in [-0.15, -0.1) is 6.42 Å². The molecule has 1 amide bonds. The molecule has 6 heteroatoms. The molecule has 0 saturated carbocycles. The fourth-order valence-electron chi connectivity index (χ4n) is 2.51. The lowest BCUT2D eigenvalue weighted by Gasteiger charge is -2.05. The Morgan fingerprint density at radius 2 is 2.21 bits per heavy atom. The molecule has 0 saturated heterocycles. The van der Waals surface area contributed by atoms with Gasteiger partial charge < -0.3 is 4.57 Å². The van der Waals surface area contributed by atoms with Crippen LogP contribution < -0.4 is 4.80 Å². The minimum atomic E-state index is -0.323. The molecule has 0 fully saturated rings. The number of nitrogens with zero attached hydrogens (tertiary/aromatic N) is 4. The van der Waals surface area contributed by atoms with Crippen molar-refractivity contribution in [2.45, 2.75) is 26.3 Å². The van der Waals surface area contributed by atoms with Crippen molar-refractivity contribution in [1.82, 2.24) is 14.3 Å². The highest BCUT2D eigenvalue weighted by molar-refractivity contribution is 7.16. The van der Waals surface area contributed by atoms with E-state index < -0.39 is 0 Å². The number of aryl methyl sites for hydroxylation is 1. The van der Waals surface area contributed by atoms with E-state index in [1.54, 1.807) is 19.3 Å². The predicted octanol–water partition coefficient (Wildman–Crippen LogP) is 2.93. The molecule has 5 nitrogen and oxygen atoms in total. The summed E-state index contributed by atoms with van der Waals surface area (Å²) in [4.78, 5) is 17.3. The number of amides is 1. The van der Waals surface area contributed by atoms with Crippen molar-refractivity contribution in [3.63, 3.8) is 0 Å². The molecular formula is C18H18N4OS. The second-order valence-corrected chi connectivity index (χ2v) is 6.82. The van der Waals surface area contributed by atoms with Crippen LogP contribution in [0.3, 0.4) is 0 Å². The lowest BCUT2D eigenvalue weighted by molar-refractivity contribution is 0.0989. The molecule has 1 aromatic carbocycles. The van der Waals surface area contributed by atoms with Gasteiger partial charge in [-0.2, -0.15) is 10.1 Å². The highest BCUT2D eigenvalue weighted by Gasteiger charge is 2.12. The molecule has 2 heterocycles. The highest BCUT2D eigenvalue weighted by Crippen LogP contribution is 2.23. The summed E-state index contributed by atoms with van der Waals surface area (Å²) in [7, 11) is 1.72. The zero-order valence-electron chi connectivity index (χ0n) is 13.9. The molecule has 0 unspecified atom stereocenters. The zero-order chi connectivity index (χ0) is 17.3. The van der Waals surface area contributed by atoms with Crippen LogP contribution in [0.5, 0.6) is 0 Å². The Kier molecular flexibility index (Phi) is 4.36. The molecule has 0 aliphatic heterocycles. The van der Waals surface area contributed by atoms with Gasteiger partial charge in [-0.25, -0.2) is 0 Å². The maximum atomic E-state index is 12.4. The van der Waals surface area contributed by atoms with Gasteiger partial charge in [0, 0.05) is 13.2 Å². The van der Waals surface area contributed by atoms with Gasteiger partial charge in [0.2, 0.25) is 0 Å². The van der Waals surface area contributed by atoms with Crippen molar-refractivity contribution in [3.05, 3.63) is 46.5 Å². The van der Waals surface area contributed by atoms with E-state index in [2.05, 4.69) is 42.0 Å². The van der Waals surface area contributed by atoms with Gasteiger partial charge in [0.15, 0.2) is 4.80 Å². The third-order valence-electron chi connectivity index (χ3n) is 3.86. The van der Waals surface area contributed by atoms with E-state index in [1.165, 1.54) is 21.6 Å². The molecule has 0 N–H and O–H groups in total. The minimum Gasteiger partial charge on any atom is -0.305 e. The fourth-order valence-corrected chi connectivity index (χ4v) is 3.58. The Morgan fingerprint density at radius 3 is 2.83 bits per heavy atom. The third kappa shape index (κ3) is 2.91. The van der Waals surface area contributed by atoms with Crippen molar-refractivity contribution in [1.29, 1.82) is 0 Å². The summed E-state index contributed by atoms with van der Waals surface area (Å²) in [5.74, 6) is 2.76. The number of fused-ring (bicyclic) bond motifs is 1. The summed E-state index contributed by atoms with van der Waals surface area (Å²) < 4.78 is 4.49. The van der Waals surface area contributed by atoms with Gasteiger partial charge >= 0.3 is 0 Å². The Morgan fingerprint density at radius 1 is 1.42 bits per heavy atom. The Balaban J connectivity index is 2.17. The number of rotatable bonds is 3. The number of hydrogen-bond donors (Lipinski definition) is 0. The van der Waals surface area contributed by atoms with Crippen LogP contribution >= 0.6 is 11.3 Å². The lowest BCUT2D eigenvalue weighted by atomic mass is 10.0. The van der Waals surface area contributed by atoms with Crippen LogP contribution in [0.4, 0.5) is 0 Å². The van der Waals surface area contributed by atoms with E-state index >= 15 is 0 Å². The normalized spacial score (nSPS) is 12.0. The van der Waals surface area contributed by atoms with E-state index in [-0.39, 0.29) is 5.91 Å². The molecule has 24 heavy (non-hydrogen) atoms. The first-order valence-corrected chi connectivity index (χ1v) is 8.46. The number of aromatic nitrogens is 3. The van der Waals surface area contributed by atoms with E-state index in [1.807, 2.05) is 10.6 Å². The van der Waals surface area contributed by atoms with Gasteiger partial charge in [-0.05, 0) is 29.7 Å². The number of carbonyl (C=O) groups excluding carboxylic acids is 1. The SMILES string of the molecule is C#CCn1c(=NC(=O)c2ccnn2C)sc2cc(C(C)C)ccc21. The van der Waals surface area contributed by atoms with Crippen molar-refractivity contribution in [2.75, 3.05) is 0 Å². The van der Waals surface area contributed by atoms with E-state index in [4.69, 9.17) is 6.42 Å². The van der Waals surface area contributed by atoms with Crippen molar-refractivity contribution in [2.24, 2.45) is 12.0 Å². The molecule has 122 valence electrons. The summed E-state index contributed by atoms with van der Waals surface area (Å²) in [6.45, 7) is 4.68. The molecule has 0 atom stereocenters. The van der Waals surface area contributed by atoms with Gasteiger partial charge in [-0.3, -0.25) is 9.48 Å². The predicted molar refractivity (Wildman–Crippen MR) is 95.8 cm³/mol. The maximum Gasteiger partial charge on any atom is 0.297 e. The summed E-state index contributed by atoms with van der Waals surface area (Å²) >= 11 is 1.48. The molecule has 2 aromatic heterocycles. The molecule has 3 rings (SSSR count). The zero-order valence-corrected chi connectivity index (χ0v) is 14.7. The average molecular weight is 338 g/mol. The van der Waals surface area contributed by atoms with Gasteiger partial charge in [0.25, 0.3) is 5.91 Å².